The van der Waals surface area contributed by atoms with Crippen LogP contribution < -0.4 is 10.1 Å². The maximum atomic E-state index is 5.72. The van der Waals surface area contributed by atoms with Crippen molar-refractivity contribution in [3.8, 4) is 5.75 Å². The van der Waals surface area contributed by atoms with E-state index in [0.717, 1.165) is 24.1 Å². The highest BCUT2D eigenvalue weighted by Crippen LogP contribution is 2.43. The van der Waals surface area contributed by atoms with Crippen LogP contribution in [0.5, 0.6) is 5.75 Å². The molecule has 2 nitrogen and oxygen atoms in total. The van der Waals surface area contributed by atoms with Gasteiger partial charge in [0.1, 0.15) is 5.75 Å². The average molecular weight is 289 g/mol. The third-order valence-corrected chi connectivity index (χ3v) is 4.99. The van der Waals surface area contributed by atoms with E-state index in [0.29, 0.717) is 6.04 Å². The second-order valence-corrected chi connectivity index (χ2v) is 6.70. The Labute approximate surface area is 130 Å². The molecule has 0 spiro atoms. The molecule has 1 N–H and O–H groups in total. The molecule has 1 aromatic carbocycles. The molecule has 1 saturated carbocycles. The molecule has 0 bridgehead atoms. The smallest absolute Gasteiger partial charge is 0.124 e. The highest BCUT2D eigenvalue weighted by Gasteiger charge is 2.33. The van der Waals surface area contributed by atoms with E-state index in [-0.39, 0.29) is 0 Å². The standard InChI is InChI=1S/C19H31NO/c1-6-10-20-19(16-9-7-8-14(16)3)18-15(4)11-13(2)12-17(18)21-5/h11-12,14,16,19-20H,6-10H2,1-5H3. The Hall–Kier alpha value is -1.02. The molecular formula is C19H31NO. The second kappa shape index (κ2) is 7.31. The average Bonchev–Trinajstić information content (AvgIpc) is 2.86. The predicted molar refractivity (Wildman–Crippen MR) is 90.0 cm³/mol. The Kier molecular flexibility index (Phi) is 5.69. The Morgan fingerprint density at radius 2 is 2.05 bits per heavy atom. The SMILES string of the molecule is CCCNC(c1c(C)cc(C)cc1OC)C1CCCC1C. The van der Waals surface area contributed by atoms with Crippen LogP contribution in [-0.4, -0.2) is 13.7 Å². The van der Waals surface area contributed by atoms with Gasteiger partial charge < -0.3 is 10.1 Å². The molecule has 3 unspecified atom stereocenters. The van der Waals surface area contributed by atoms with E-state index in [1.54, 1.807) is 7.11 Å². The van der Waals surface area contributed by atoms with E-state index >= 15 is 0 Å². The van der Waals surface area contributed by atoms with Crippen molar-refractivity contribution in [1.29, 1.82) is 0 Å². The van der Waals surface area contributed by atoms with Gasteiger partial charge in [0.15, 0.2) is 0 Å². The highest BCUT2D eigenvalue weighted by molar-refractivity contribution is 5.45. The Morgan fingerprint density at radius 3 is 2.62 bits per heavy atom. The van der Waals surface area contributed by atoms with Gasteiger partial charge in [0.05, 0.1) is 7.11 Å². The quantitative estimate of drug-likeness (QED) is 0.813. The normalized spacial score (nSPS) is 23.3. The van der Waals surface area contributed by atoms with E-state index in [9.17, 15) is 0 Å². The number of hydrogen-bond acceptors (Lipinski definition) is 2. The summed E-state index contributed by atoms with van der Waals surface area (Å²) in [5, 5.41) is 3.81. The summed E-state index contributed by atoms with van der Waals surface area (Å²) in [4.78, 5) is 0. The van der Waals surface area contributed by atoms with Crippen molar-refractivity contribution in [2.75, 3.05) is 13.7 Å². The molecule has 1 aliphatic carbocycles. The van der Waals surface area contributed by atoms with Crippen LogP contribution in [0.2, 0.25) is 0 Å². The number of nitrogens with one attached hydrogen (secondary N) is 1. The Balaban J connectivity index is 2.40. The first-order valence-corrected chi connectivity index (χ1v) is 8.47. The number of benzene rings is 1. The van der Waals surface area contributed by atoms with Crippen molar-refractivity contribution in [3.63, 3.8) is 0 Å². The van der Waals surface area contributed by atoms with Gasteiger partial charge in [-0.05, 0) is 62.3 Å². The number of methoxy groups -OCH3 is 1. The highest BCUT2D eigenvalue weighted by atomic mass is 16.5. The lowest BCUT2D eigenvalue weighted by Crippen LogP contribution is -2.31. The van der Waals surface area contributed by atoms with E-state index in [4.69, 9.17) is 4.74 Å². The Morgan fingerprint density at radius 1 is 1.29 bits per heavy atom. The molecule has 0 heterocycles. The van der Waals surface area contributed by atoms with Crippen molar-refractivity contribution in [2.45, 2.75) is 59.4 Å². The van der Waals surface area contributed by atoms with Gasteiger partial charge in [0.2, 0.25) is 0 Å². The molecule has 3 atom stereocenters. The molecule has 21 heavy (non-hydrogen) atoms. The first-order chi connectivity index (χ1) is 10.1. The second-order valence-electron chi connectivity index (χ2n) is 6.70. The lowest BCUT2D eigenvalue weighted by atomic mass is 9.83. The van der Waals surface area contributed by atoms with Crippen LogP contribution in [0.25, 0.3) is 0 Å². The molecule has 0 amide bonds. The van der Waals surface area contributed by atoms with Gasteiger partial charge >= 0.3 is 0 Å². The fourth-order valence-corrected chi connectivity index (χ4v) is 3.94. The minimum atomic E-state index is 0.429. The summed E-state index contributed by atoms with van der Waals surface area (Å²) in [6, 6.07) is 4.90. The molecule has 1 aromatic rings. The summed E-state index contributed by atoms with van der Waals surface area (Å²) >= 11 is 0. The van der Waals surface area contributed by atoms with Crippen molar-refractivity contribution in [3.05, 3.63) is 28.8 Å². The van der Waals surface area contributed by atoms with Gasteiger partial charge in [-0.25, -0.2) is 0 Å². The van der Waals surface area contributed by atoms with Gasteiger partial charge in [-0.2, -0.15) is 0 Å². The zero-order valence-electron chi connectivity index (χ0n) is 14.3. The minimum absolute atomic E-state index is 0.429. The molecular weight excluding hydrogens is 258 g/mol. The molecule has 0 saturated heterocycles. The number of aryl methyl sites for hydroxylation is 2. The summed E-state index contributed by atoms with van der Waals surface area (Å²) in [6.45, 7) is 10.1. The third-order valence-electron chi connectivity index (χ3n) is 4.99. The van der Waals surface area contributed by atoms with Gasteiger partial charge in [-0.15, -0.1) is 0 Å². The molecule has 2 rings (SSSR count). The molecule has 1 aliphatic rings. The largest absolute Gasteiger partial charge is 0.496 e. The molecule has 0 radical (unpaired) electrons. The van der Waals surface area contributed by atoms with Gasteiger partial charge in [-0.1, -0.05) is 32.8 Å². The zero-order chi connectivity index (χ0) is 15.4. The van der Waals surface area contributed by atoms with Gasteiger partial charge in [-0.3, -0.25) is 0 Å². The molecule has 118 valence electrons. The summed E-state index contributed by atoms with van der Waals surface area (Å²) < 4.78 is 5.72. The van der Waals surface area contributed by atoms with Crippen LogP contribution in [0.3, 0.4) is 0 Å². The van der Waals surface area contributed by atoms with Crippen LogP contribution in [0, 0.1) is 25.7 Å². The molecule has 0 aliphatic heterocycles. The van der Waals surface area contributed by atoms with Crippen LogP contribution >= 0.6 is 0 Å². The first-order valence-electron chi connectivity index (χ1n) is 8.47. The van der Waals surface area contributed by atoms with Crippen molar-refractivity contribution < 1.29 is 4.74 Å². The van der Waals surface area contributed by atoms with Crippen LogP contribution in [0.15, 0.2) is 12.1 Å². The van der Waals surface area contributed by atoms with Gasteiger partial charge in [0.25, 0.3) is 0 Å². The fourth-order valence-electron chi connectivity index (χ4n) is 3.94. The van der Waals surface area contributed by atoms with Gasteiger partial charge in [0, 0.05) is 11.6 Å². The van der Waals surface area contributed by atoms with E-state index in [1.165, 1.54) is 42.4 Å². The van der Waals surface area contributed by atoms with Crippen molar-refractivity contribution in [2.24, 2.45) is 11.8 Å². The maximum Gasteiger partial charge on any atom is 0.124 e. The number of rotatable bonds is 6. The summed E-state index contributed by atoms with van der Waals surface area (Å²) in [5.74, 6) is 2.58. The first kappa shape index (κ1) is 16.4. The predicted octanol–water partition coefficient (Wildman–Crippen LogP) is 4.79. The molecule has 0 aromatic heterocycles. The minimum Gasteiger partial charge on any atom is -0.496 e. The Bertz CT molecular complexity index is 469. The number of ether oxygens (including phenoxy) is 1. The lowest BCUT2D eigenvalue weighted by Gasteiger charge is -2.31. The summed E-state index contributed by atoms with van der Waals surface area (Å²) in [7, 11) is 1.80. The third kappa shape index (κ3) is 3.60. The lowest BCUT2D eigenvalue weighted by molar-refractivity contribution is 0.291. The van der Waals surface area contributed by atoms with Crippen molar-refractivity contribution >= 4 is 0 Å². The summed E-state index contributed by atoms with van der Waals surface area (Å²) in [6.07, 6.45) is 5.23. The van der Waals surface area contributed by atoms with Crippen LogP contribution in [-0.2, 0) is 0 Å². The topological polar surface area (TPSA) is 21.3 Å². The van der Waals surface area contributed by atoms with E-state index in [2.05, 4.69) is 45.1 Å². The van der Waals surface area contributed by atoms with Crippen LogP contribution in [0.1, 0.15) is 62.3 Å². The van der Waals surface area contributed by atoms with E-state index < -0.39 is 0 Å². The monoisotopic (exact) mass is 289 g/mol. The fraction of sp³-hybridized carbons (Fsp3) is 0.684. The van der Waals surface area contributed by atoms with Crippen LogP contribution in [0.4, 0.5) is 0 Å². The number of hydrogen-bond donors (Lipinski definition) is 1. The maximum absolute atomic E-state index is 5.72. The zero-order valence-corrected chi connectivity index (χ0v) is 14.3. The molecule has 2 heteroatoms. The summed E-state index contributed by atoms with van der Waals surface area (Å²) in [5.41, 5.74) is 4.02. The molecule has 1 fully saturated rings. The van der Waals surface area contributed by atoms with Crippen molar-refractivity contribution in [1.82, 2.24) is 5.32 Å². The van der Waals surface area contributed by atoms with E-state index in [1.807, 2.05) is 0 Å².